The summed E-state index contributed by atoms with van der Waals surface area (Å²) < 4.78 is 26.2. The first-order chi connectivity index (χ1) is 12.4. The van der Waals surface area contributed by atoms with Gasteiger partial charge in [0.25, 0.3) is 0 Å². The topological polar surface area (TPSA) is 36.4 Å². The van der Waals surface area contributed by atoms with Gasteiger partial charge in [-0.05, 0) is 45.1 Å². The summed E-state index contributed by atoms with van der Waals surface area (Å²) >= 11 is 1.63. The average Bonchev–Trinajstić information content (AvgIpc) is 3.01. The lowest BCUT2D eigenvalue weighted by Gasteiger charge is -2.39. The SMILES string of the molecule is Cc1nc(CN2C(=O)CC[C@]23CCCN(CC2CC(F)(F)C2)CC3)cs1. The number of aryl methyl sites for hydroxylation is 1. The quantitative estimate of drug-likeness (QED) is 0.793. The van der Waals surface area contributed by atoms with Crippen LogP contribution in [0.2, 0.25) is 0 Å². The molecule has 26 heavy (non-hydrogen) atoms. The third-order valence-electron chi connectivity index (χ3n) is 6.37. The van der Waals surface area contributed by atoms with Gasteiger partial charge in [-0.1, -0.05) is 0 Å². The molecule has 1 aromatic heterocycles. The molecule has 144 valence electrons. The van der Waals surface area contributed by atoms with E-state index in [1.807, 2.05) is 6.92 Å². The maximum Gasteiger partial charge on any atom is 0.248 e. The van der Waals surface area contributed by atoms with Gasteiger partial charge in [0, 0.05) is 43.3 Å². The Morgan fingerprint density at radius 2 is 2.08 bits per heavy atom. The van der Waals surface area contributed by atoms with Crippen molar-refractivity contribution in [2.24, 2.45) is 5.92 Å². The van der Waals surface area contributed by atoms with Crippen molar-refractivity contribution in [3.05, 3.63) is 16.1 Å². The zero-order chi connectivity index (χ0) is 18.4. The van der Waals surface area contributed by atoms with Gasteiger partial charge in [0.2, 0.25) is 11.8 Å². The van der Waals surface area contributed by atoms with Gasteiger partial charge in [-0.3, -0.25) is 4.79 Å². The Hall–Kier alpha value is -1.08. The second-order valence-electron chi connectivity index (χ2n) is 8.35. The summed E-state index contributed by atoms with van der Waals surface area (Å²) in [5.74, 6) is -2.06. The van der Waals surface area contributed by atoms with E-state index in [0.717, 1.165) is 56.0 Å². The number of halogens is 2. The monoisotopic (exact) mass is 383 g/mol. The number of nitrogens with zero attached hydrogens (tertiary/aromatic N) is 3. The van der Waals surface area contributed by atoms with Crippen LogP contribution in [0.4, 0.5) is 8.78 Å². The standard InChI is InChI=1S/C19H27F2N3OS/c1-14-22-16(13-26-14)12-24-17(25)3-5-18(24)4-2-7-23(8-6-18)11-15-9-19(20,21)10-15/h13,15H,2-12H2,1H3/t18-/m0/s1. The lowest BCUT2D eigenvalue weighted by Crippen LogP contribution is -2.46. The fourth-order valence-electron chi connectivity index (χ4n) is 4.99. The minimum atomic E-state index is -2.43. The second-order valence-corrected chi connectivity index (χ2v) is 9.41. The minimum absolute atomic E-state index is 0.0441. The molecule has 1 saturated carbocycles. The number of rotatable bonds is 4. The zero-order valence-electron chi connectivity index (χ0n) is 15.3. The number of alkyl halides is 2. The number of hydrogen-bond donors (Lipinski definition) is 0. The molecule has 1 spiro atoms. The number of likely N-dealkylation sites (tertiary alicyclic amines) is 2. The van der Waals surface area contributed by atoms with Gasteiger partial charge in [0.05, 0.1) is 17.2 Å². The highest BCUT2D eigenvalue weighted by molar-refractivity contribution is 7.09. The Bertz CT molecular complexity index is 671. The molecule has 4 nitrogen and oxygen atoms in total. The van der Waals surface area contributed by atoms with Crippen molar-refractivity contribution in [3.63, 3.8) is 0 Å². The van der Waals surface area contributed by atoms with Crippen LogP contribution < -0.4 is 0 Å². The normalized spacial score (nSPS) is 30.0. The Morgan fingerprint density at radius 1 is 1.27 bits per heavy atom. The first kappa shape index (κ1) is 18.3. The number of carbonyl (C=O) groups is 1. The number of amides is 1. The van der Waals surface area contributed by atoms with E-state index in [4.69, 9.17) is 0 Å². The van der Waals surface area contributed by atoms with Gasteiger partial charge >= 0.3 is 0 Å². The maximum atomic E-state index is 13.1. The predicted molar refractivity (Wildman–Crippen MR) is 97.3 cm³/mol. The van der Waals surface area contributed by atoms with Gasteiger partial charge in [-0.25, -0.2) is 13.8 Å². The molecular formula is C19H27F2N3OS. The summed E-state index contributed by atoms with van der Waals surface area (Å²) in [6.45, 7) is 5.25. The maximum absolute atomic E-state index is 13.1. The van der Waals surface area contributed by atoms with Crippen LogP contribution >= 0.6 is 11.3 Å². The number of carbonyl (C=O) groups excluding carboxylic acids is 1. The Labute approximate surface area is 157 Å². The lowest BCUT2D eigenvalue weighted by molar-refractivity contribution is -0.132. The van der Waals surface area contributed by atoms with E-state index in [2.05, 4.69) is 20.2 Å². The van der Waals surface area contributed by atoms with Crippen LogP contribution in [0, 0.1) is 12.8 Å². The molecule has 1 aromatic rings. The summed E-state index contributed by atoms with van der Waals surface area (Å²) in [4.78, 5) is 21.5. The molecule has 1 amide bonds. The van der Waals surface area contributed by atoms with E-state index < -0.39 is 5.92 Å². The summed E-state index contributed by atoms with van der Waals surface area (Å²) in [6.07, 6.45) is 4.63. The van der Waals surface area contributed by atoms with Crippen LogP contribution in [0.5, 0.6) is 0 Å². The molecule has 0 bridgehead atoms. The van der Waals surface area contributed by atoms with E-state index in [-0.39, 0.29) is 30.2 Å². The Kier molecular flexibility index (Phi) is 4.80. The van der Waals surface area contributed by atoms with E-state index in [9.17, 15) is 13.6 Å². The number of aromatic nitrogens is 1. The Balaban J connectivity index is 1.40. The minimum Gasteiger partial charge on any atom is -0.331 e. The smallest absolute Gasteiger partial charge is 0.248 e. The molecule has 2 aliphatic heterocycles. The summed E-state index contributed by atoms with van der Waals surface area (Å²) in [7, 11) is 0. The van der Waals surface area contributed by atoms with E-state index in [0.29, 0.717) is 13.0 Å². The van der Waals surface area contributed by atoms with Crippen LogP contribution in [-0.2, 0) is 11.3 Å². The fourth-order valence-corrected chi connectivity index (χ4v) is 5.59. The van der Waals surface area contributed by atoms with Crippen molar-refractivity contribution < 1.29 is 13.6 Å². The summed E-state index contributed by atoms with van der Waals surface area (Å²) in [5, 5.41) is 3.08. The Morgan fingerprint density at radius 3 is 2.77 bits per heavy atom. The van der Waals surface area contributed by atoms with Crippen molar-refractivity contribution in [1.82, 2.24) is 14.8 Å². The molecule has 4 rings (SSSR count). The predicted octanol–water partition coefficient (Wildman–Crippen LogP) is 3.84. The highest BCUT2D eigenvalue weighted by Crippen LogP contribution is 2.44. The van der Waals surface area contributed by atoms with Gasteiger partial charge in [0.1, 0.15) is 0 Å². The van der Waals surface area contributed by atoms with Gasteiger partial charge in [-0.15, -0.1) is 11.3 Å². The number of hydrogen-bond acceptors (Lipinski definition) is 4. The third-order valence-corrected chi connectivity index (χ3v) is 7.19. The molecule has 3 fully saturated rings. The van der Waals surface area contributed by atoms with E-state index >= 15 is 0 Å². The zero-order valence-corrected chi connectivity index (χ0v) is 16.2. The first-order valence-corrected chi connectivity index (χ1v) is 10.5. The highest BCUT2D eigenvalue weighted by Gasteiger charge is 2.48. The van der Waals surface area contributed by atoms with Crippen molar-refractivity contribution in [2.75, 3.05) is 19.6 Å². The van der Waals surface area contributed by atoms with Gasteiger partial charge in [-0.2, -0.15) is 0 Å². The average molecular weight is 384 g/mol. The molecule has 0 unspecified atom stereocenters. The van der Waals surface area contributed by atoms with Crippen molar-refractivity contribution >= 4 is 17.2 Å². The molecule has 3 aliphatic rings. The molecule has 0 aromatic carbocycles. The first-order valence-electron chi connectivity index (χ1n) is 9.67. The lowest BCUT2D eigenvalue weighted by atomic mass is 9.81. The summed E-state index contributed by atoms with van der Waals surface area (Å²) in [5.41, 5.74) is 0.923. The molecule has 2 saturated heterocycles. The molecule has 3 heterocycles. The third kappa shape index (κ3) is 3.65. The van der Waals surface area contributed by atoms with Crippen molar-refractivity contribution in [2.45, 2.75) is 69.9 Å². The van der Waals surface area contributed by atoms with Crippen LogP contribution in [0.15, 0.2) is 5.38 Å². The van der Waals surface area contributed by atoms with Crippen LogP contribution in [0.3, 0.4) is 0 Å². The van der Waals surface area contributed by atoms with E-state index in [1.54, 1.807) is 11.3 Å². The van der Waals surface area contributed by atoms with Crippen LogP contribution in [0.25, 0.3) is 0 Å². The molecular weight excluding hydrogens is 356 g/mol. The fraction of sp³-hybridized carbons (Fsp3) is 0.789. The van der Waals surface area contributed by atoms with Gasteiger partial charge in [0.15, 0.2) is 0 Å². The molecule has 0 radical (unpaired) electrons. The molecule has 1 atom stereocenters. The largest absolute Gasteiger partial charge is 0.331 e. The van der Waals surface area contributed by atoms with E-state index in [1.165, 1.54) is 0 Å². The van der Waals surface area contributed by atoms with Crippen LogP contribution in [0.1, 0.15) is 55.6 Å². The van der Waals surface area contributed by atoms with Crippen LogP contribution in [-0.4, -0.2) is 51.8 Å². The summed E-state index contributed by atoms with van der Waals surface area (Å²) in [6, 6.07) is 0. The molecule has 7 heteroatoms. The molecule has 0 N–H and O–H groups in total. The molecule has 1 aliphatic carbocycles. The number of thiazole rings is 1. The second kappa shape index (κ2) is 6.82. The van der Waals surface area contributed by atoms with Crippen molar-refractivity contribution in [3.8, 4) is 0 Å². The highest BCUT2D eigenvalue weighted by atomic mass is 32.1. The van der Waals surface area contributed by atoms with Gasteiger partial charge < -0.3 is 9.80 Å². The van der Waals surface area contributed by atoms with Crippen molar-refractivity contribution in [1.29, 1.82) is 0 Å².